The Bertz CT molecular complexity index is 897. The Balaban J connectivity index is 1.84. The van der Waals surface area contributed by atoms with E-state index in [1.165, 1.54) is 11.6 Å². The Hall–Kier alpha value is -2.55. The smallest absolute Gasteiger partial charge is 0.195 e. The van der Waals surface area contributed by atoms with Gasteiger partial charge in [-0.05, 0) is 52.4 Å². The zero-order valence-electron chi connectivity index (χ0n) is 11.5. The van der Waals surface area contributed by atoms with E-state index in [0.717, 1.165) is 22.8 Å². The SMILES string of the molecule is Fc1ccc(-c2[c]c3c(cc2)-c2ccccc2C3)c(F)c1F. The van der Waals surface area contributed by atoms with Crippen molar-refractivity contribution in [3.8, 4) is 22.3 Å². The van der Waals surface area contributed by atoms with Gasteiger partial charge in [0.05, 0.1) is 0 Å². The third kappa shape index (κ3) is 1.86. The summed E-state index contributed by atoms with van der Waals surface area (Å²) in [4.78, 5) is 0. The van der Waals surface area contributed by atoms with Crippen LogP contribution in [0.4, 0.5) is 13.2 Å². The minimum Gasteiger partial charge on any atom is -0.204 e. The molecule has 0 N–H and O–H groups in total. The number of benzene rings is 3. The lowest BCUT2D eigenvalue weighted by Crippen LogP contribution is -1.94. The average Bonchev–Trinajstić information content (AvgIpc) is 2.90. The summed E-state index contributed by atoms with van der Waals surface area (Å²) in [5.41, 5.74) is 4.80. The number of fused-ring (bicyclic) bond motifs is 3. The molecule has 3 heteroatoms. The molecule has 22 heavy (non-hydrogen) atoms. The van der Waals surface area contributed by atoms with E-state index in [0.29, 0.717) is 12.0 Å². The van der Waals surface area contributed by atoms with Gasteiger partial charge in [0.1, 0.15) is 0 Å². The molecule has 0 saturated carbocycles. The molecule has 0 nitrogen and oxygen atoms in total. The van der Waals surface area contributed by atoms with Crippen LogP contribution in [0.3, 0.4) is 0 Å². The van der Waals surface area contributed by atoms with Crippen molar-refractivity contribution in [2.45, 2.75) is 6.42 Å². The zero-order valence-corrected chi connectivity index (χ0v) is 11.5. The molecule has 0 spiro atoms. The zero-order chi connectivity index (χ0) is 15.3. The van der Waals surface area contributed by atoms with E-state index < -0.39 is 17.5 Å². The molecular weight excluding hydrogens is 285 g/mol. The monoisotopic (exact) mass is 295 g/mol. The summed E-state index contributed by atoms with van der Waals surface area (Å²) in [5.74, 6) is -3.81. The van der Waals surface area contributed by atoms with E-state index in [2.05, 4.69) is 6.07 Å². The van der Waals surface area contributed by atoms with E-state index in [1.807, 2.05) is 30.3 Å². The fourth-order valence-electron chi connectivity index (χ4n) is 2.95. The maximum atomic E-state index is 13.9. The fraction of sp³-hybridized carbons (Fsp3) is 0.0526. The van der Waals surface area contributed by atoms with Gasteiger partial charge in [0, 0.05) is 5.56 Å². The van der Waals surface area contributed by atoms with Crippen LogP contribution in [0.1, 0.15) is 11.1 Å². The van der Waals surface area contributed by atoms with Crippen LogP contribution in [0.5, 0.6) is 0 Å². The van der Waals surface area contributed by atoms with Gasteiger partial charge in [0.25, 0.3) is 0 Å². The summed E-state index contributed by atoms with van der Waals surface area (Å²) in [6, 6.07) is 16.9. The molecular formula is C19H10F3. The van der Waals surface area contributed by atoms with Gasteiger partial charge in [0.15, 0.2) is 17.5 Å². The van der Waals surface area contributed by atoms with Crippen LogP contribution in [0, 0.1) is 23.5 Å². The lowest BCUT2D eigenvalue weighted by Gasteiger charge is -2.07. The number of rotatable bonds is 1. The third-order valence-corrected chi connectivity index (χ3v) is 4.03. The third-order valence-electron chi connectivity index (χ3n) is 4.03. The van der Waals surface area contributed by atoms with Crippen molar-refractivity contribution < 1.29 is 13.2 Å². The summed E-state index contributed by atoms with van der Waals surface area (Å²) in [6.07, 6.45) is 0.713. The van der Waals surface area contributed by atoms with E-state index in [-0.39, 0.29) is 5.56 Å². The maximum absolute atomic E-state index is 13.9. The summed E-state index contributed by atoms with van der Waals surface area (Å²) < 4.78 is 40.4. The quantitative estimate of drug-likeness (QED) is 0.426. The number of hydrogen-bond acceptors (Lipinski definition) is 0. The van der Waals surface area contributed by atoms with Crippen LogP contribution in [0.25, 0.3) is 22.3 Å². The van der Waals surface area contributed by atoms with Crippen molar-refractivity contribution >= 4 is 0 Å². The molecule has 0 saturated heterocycles. The van der Waals surface area contributed by atoms with Crippen molar-refractivity contribution in [1.29, 1.82) is 0 Å². The number of halogens is 3. The van der Waals surface area contributed by atoms with Crippen LogP contribution in [0.2, 0.25) is 0 Å². The van der Waals surface area contributed by atoms with Gasteiger partial charge < -0.3 is 0 Å². The number of hydrogen-bond donors (Lipinski definition) is 0. The van der Waals surface area contributed by atoms with Gasteiger partial charge in [-0.1, -0.05) is 36.4 Å². The summed E-state index contributed by atoms with van der Waals surface area (Å²) >= 11 is 0. The molecule has 1 aliphatic rings. The molecule has 1 radical (unpaired) electrons. The Morgan fingerprint density at radius 3 is 2.36 bits per heavy atom. The van der Waals surface area contributed by atoms with Crippen LogP contribution in [0.15, 0.2) is 48.5 Å². The van der Waals surface area contributed by atoms with E-state index in [1.54, 1.807) is 6.07 Å². The highest BCUT2D eigenvalue weighted by molar-refractivity contribution is 5.79. The molecule has 0 unspecified atom stereocenters. The first-order chi connectivity index (χ1) is 10.6. The highest BCUT2D eigenvalue weighted by atomic mass is 19.2. The van der Waals surface area contributed by atoms with Crippen LogP contribution in [-0.2, 0) is 6.42 Å². The largest absolute Gasteiger partial charge is 0.204 e. The predicted molar refractivity (Wildman–Crippen MR) is 78.8 cm³/mol. The van der Waals surface area contributed by atoms with E-state index in [9.17, 15) is 13.2 Å². The highest BCUT2D eigenvalue weighted by Gasteiger charge is 2.20. The van der Waals surface area contributed by atoms with Gasteiger partial charge in [-0.25, -0.2) is 13.2 Å². The maximum Gasteiger partial charge on any atom is 0.195 e. The van der Waals surface area contributed by atoms with Crippen LogP contribution in [-0.4, -0.2) is 0 Å². The topological polar surface area (TPSA) is 0 Å². The molecule has 0 fully saturated rings. The molecule has 0 bridgehead atoms. The highest BCUT2D eigenvalue weighted by Crippen LogP contribution is 2.38. The first kappa shape index (κ1) is 13.1. The summed E-state index contributed by atoms with van der Waals surface area (Å²) in [7, 11) is 0. The van der Waals surface area contributed by atoms with Crippen LogP contribution < -0.4 is 0 Å². The minimum atomic E-state index is -1.45. The second-order valence-electron chi connectivity index (χ2n) is 5.32. The standard InChI is InChI=1S/C19H10F3/c20-17-8-7-16(18(21)19(17)22)12-5-6-15-13(10-12)9-11-3-1-2-4-14(11)15/h1-8H,9H2. The van der Waals surface area contributed by atoms with Gasteiger partial charge in [0.2, 0.25) is 0 Å². The Morgan fingerprint density at radius 2 is 1.50 bits per heavy atom. The van der Waals surface area contributed by atoms with E-state index >= 15 is 0 Å². The normalized spacial score (nSPS) is 12.1. The molecule has 1 aliphatic carbocycles. The molecule has 0 atom stereocenters. The average molecular weight is 295 g/mol. The Labute approximate surface area is 125 Å². The van der Waals surface area contributed by atoms with Gasteiger partial charge in [-0.2, -0.15) is 0 Å². The van der Waals surface area contributed by atoms with Crippen molar-refractivity contribution in [2.75, 3.05) is 0 Å². The molecule has 0 amide bonds. The van der Waals surface area contributed by atoms with Crippen LogP contribution >= 0.6 is 0 Å². The first-order valence-electron chi connectivity index (χ1n) is 6.92. The predicted octanol–water partition coefficient (Wildman–Crippen LogP) is 5.14. The Kier molecular flexibility index (Phi) is 2.83. The van der Waals surface area contributed by atoms with Gasteiger partial charge in [-0.3, -0.25) is 0 Å². The lowest BCUT2D eigenvalue weighted by molar-refractivity contribution is 0.449. The fourth-order valence-corrected chi connectivity index (χ4v) is 2.95. The Morgan fingerprint density at radius 1 is 0.727 bits per heavy atom. The summed E-state index contributed by atoms with van der Waals surface area (Å²) in [6.45, 7) is 0. The molecule has 4 rings (SSSR count). The second-order valence-corrected chi connectivity index (χ2v) is 5.32. The molecule has 3 aromatic rings. The van der Waals surface area contributed by atoms with Gasteiger partial charge in [-0.15, -0.1) is 0 Å². The molecule has 3 aromatic carbocycles. The summed E-state index contributed by atoms with van der Waals surface area (Å²) in [5, 5.41) is 0. The van der Waals surface area contributed by atoms with Crippen molar-refractivity contribution in [1.82, 2.24) is 0 Å². The van der Waals surface area contributed by atoms with Crippen molar-refractivity contribution in [3.05, 3.63) is 83.2 Å². The molecule has 0 aromatic heterocycles. The van der Waals surface area contributed by atoms with Crippen molar-refractivity contribution in [2.24, 2.45) is 0 Å². The molecule has 0 heterocycles. The molecule has 107 valence electrons. The lowest BCUT2D eigenvalue weighted by atomic mass is 9.98. The van der Waals surface area contributed by atoms with Crippen molar-refractivity contribution in [3.63, 3.8) is 0 Å². The second kappa shape index (κ2) is 4.73. The minimum absolute atomic E-state index is 0.0256. The molecule has 0 aliphatic heterocycles. The first-order valence-corrected chi connectivity index (χ1v) is 6.92. The van der Waals surface area contributed by atoms with E-state index in [4.69, 9.17) is 0 Å². The van der Waals surface area contributed by atoms with Gasteiger partial charge >= 0.3 is 0 Å².